The van der Waals surface area contributed by atoms with Crippen LogP contribution in [-0.4, -0.2) is 26.3 Å². The van der Waals surface area contributed by atoms with Gasteiger partial charge in [0.25, 0.3) is 0 Å². The number of piperidine rings is 1. The van der Waals surface area contributed by atoms with Crippen molar-refractivity contribution < 1.29 is 4.74 Å². The minimum atomic E-state index is 0.462. The second-order valence-corrected chi connectivity index (χ2v) is 2.91. The molecule has 1 heterocycles. The highest BCUT2D eigenvalue weighted by molar-refractivity contribution is 4.83. The second kappa shape index (κ2) is 5.17. The molecular formula is C9H15NO. The maximum Gasteiger partial charge on any atom is 0.107 e. The van der Waals surface area contributed by atoms with Crippen LogP contribution in [0.4, 0.5) is 0 Å². The second-order valence-electron chi connectivity index (χ2n) is 2.91. The third kappa shape index (κ3) is 3.41. The van der Waals surface area contributed by atoms with Crippen molar-refractivity contribution in [3.05, 3.63) is 0 Å². The molecule has 1 aliphatic rings. The van der Waals surface area contributed by atoms with Crippen molar-refractivity contribution >= 4 is 0 Å². The van der Waals surface area contributed by atoms with Crippen LogP contribution in [-0.2, 0) is 4.74 Å². The standard InChI is InChI=1S/C9H15NO/c1-2-7-11-8-9-3-5-10-6-4-9/h1,9-10H,3-8H2. The Balaban J connectivity index is 2.01. The van der Waals surface area contributed by atoms with Crippen molar-refractivity contribution in [2.75, 3.05) is 26.3 Å². The molecule has 0 aromatic rings. The molecule has 0 atom stereocenters. The van der Waals surface area contributed by atoms with Gasteiger partial charge in [0.15, 0.2) is 0 Å². The van der Waals surface area contributed by atoms with Crippen molar-refractivity contribution in [1.29, 1.82) is 0 Å². The van der Waals surface area contributed by atoms with Crippen molar-refractivity contribution in [2.45, 2.75) is 12.8 Å². The lowest BCUT2D eigenvalue weighted by Crippen LogP contribution is -2.29. The lowest BCUT2D eigenvalue weighted by molar-refractivity contribution is 0.112. The van der Waals surface area contributed by atoms with E-state index < -0.39 is 0 Å². The van der Waals surface area contributed by atoms with E-state index in [4.69, 9.17) is 11.2 Å². The summed E-state index contributed by atoms with van der Waals surface area (Å²) in [6.07, 6.45) is 7.51. The van der Waals surface area contributed by atoms with Crippen molar-refractivity contribution in [3.8, 4) is 12.3 Å². The van der Waals surface area contributed by atoms with Crippen LogP contribution >= 0.6 is 0 Å². The SMILES string of the molecule is C#CCOCC1CCNCC1. The molecule has 1 N–H and O–H groups in total. The Labute approximate surface area is 68.3 Å². The van der Waals surface area contributed by atoms with Gasteiger partial charge in [-0.3, -0.25) is 0 Å². The van der Waals surface area contributed by atoms with Gasteiger partial charge in [-0.05, 0) is 31.8 Å². The zero-order valence-corrected chi connectivity index (χ0v) is 6.81. The molecule has 0 aromatic heterocycles. The van der Waals surface area contributed by atoms with E-state index in [1.165, 1.54) is 12.8 Å². The molecule has 0 aliphatic carbocycles. The number of ether oxygens (including phenoxy) is 1. The molecule has 1 aliphatic heterocycles. The molecule has 62 valence electrons. The minimum absolute atomic E-state index is 0.462. The van der Waals surface area contributed by atoms with Crippen LogP contribution in [0.3, 0.4) is 0 Å². The first-order valence-electron chi connectivity index (χ1n) is 4.15. The third-order valence-electron chi connectivity index (χ3n) is 2.00. The molecule has 0 radical (unpaired) electrons. The highest BCUT2D eigenvalue weighted by Gasteiger charge is 2.11. The van der Waals surface area contributed by atoms with Crippen LogP contribution < -0.4 is 5.32 Å². The first kappa shape index (κ1) is 8.58. The highest BCUT2D eigenvalue weighted by Crippen LogP contribution is 2.11. The number of terminal acetylenes is 1. The molecular weight excluding hydrogens is 138 g/mol. The summed E-state index contributed by atoms with van der Waals surface area (Å²) in [4.78, 5) is 0. The maximum atomic E-state index is 5.26. The molecule has 0 saturated carbocycles. The van der Waals surface area contributed by atoms with Gasteiger partial charge < -0.3 is 10.1 Å². The van der Waals surface area contributed by atoms with E-state index in [0.717, 1.165) is 25.6 Å². The summed E-state index contributed by atoms with van der Waals surface area (Å²) >= 11 is 0. The van der Waals surface area contributed by atoms with Gasteiger partial charge in [0, 0.05) is 0 Å². The fourth-order valence-electron chi connectivity index (χ4n) is 1.33. The smallest absolute Gasteiger partial charge is 0.107 e. The van der Waals surface area contributed by atoms with Crippen molar-refractivity contribution in [1.82, 2.24) is 5.32 Å². The quantitative estimate of drug-likeness (QED) is 0.474. The normalized spacial score (nSPS) is 19.5. The van der Waals surface area contributed by atoms with E-state index in [1.807, 2.05) is 0 Å². The predicted molar refractivity (Wildman–Crippen MR) is 45.2 cm³/mol. The van der Waals surface area contributed by atoms with Gasteiger partial charge in [0.2, 0.25) is 0 Å². The van der Waals surface area contributed by atoms with Crippen molar-refractivity contribution in [2.24, 2.45) is 5.92 Å². The molecule has 0 unspecified atom stereocenters. The topological polar surface area (TPSA) is 21.3 Å². The predicted octanol–water partition coefficient (Wildman–Crippen LogP) is 0.636. The van der Waals surface area contributed by atoms with Gasteiger partial charge in [0.05, 0.1) is 6.61 Å². The summed E-state index contributed by atoms with van der Waals surface area (Å²) in [6, 6.07) is 0. The number of hydrogen-bond donors (Lipinski definition) is 1. The van der Waals surface area contributed by atoms with Crippen LogP contribution in [0.25, 0.3) is 0 Å². The average Bonchev–Trinajstić information content (AvgIpc) is 2.07. The van der Waals surface area contributed by atoms with E-state index in [2.05, 4.69) is 11.2 Å². The van der Waals surface area contributed by atoms with Gasteiger partial charge in [-0.25, -0.2) is 0 Å². The van der Waals surface area contributed by atoms with Crippen LogP contribution in [0, 0.1) is 18.3 Å². The molecule has 11 heavy (non-hydrogen) atoms. The van der Waals surface area contributed by atoms with Gasteiger partial charge in [0.1, 0.15) is 6.61 Å². The zero-order chi connectivity index (χ0) is 7.94. The van der Waals surface area contributed by atoms with Gasteiger partial charge in [-0.1, -0.05) is 5.92 Å². The summed E-state index contributed by atoms with van der Waals surface area (Å²) in [5.41, 5.74) is 0. The number of hydrogen-bond acceptors (Lipinski definition) is 2. The molecule has 0 spiro atoms. The Morgan fingerprint density at radius 2 is 2.18 bits per heavy atom. The summed E-state index contributed by atoms with van der Waals surface area (Å²) in [7, 11) is 0. The van der Waals surface area contributed by atoms with E-state index in [9.17, 15) is 0 Å². The first-order chi connectivity index (χ1) is 5.43. The van der Waals surface area contributed by atoms with E-state index in [0.29, 0.717) is 6.61 Å². The average molecular weight is 153 g/mol. The Kier molecular flexibility index (Phi) is 4.03. The van der Waals surface area contributed by atoms with Crippen LogP contribution in [0.2, 0.25) is 0 Å². The summed E-state index contributed by atoms with van der Waals surface area (Å²) < 4.78 is 5.26. The lowest BCUT2D eigenvalue weighted by atomic mass is 9.99. The fraction of sp³-hybridized carbons (Fsp3) is 0.778. The van der Waals surface area contributed by atoms with E-state index >= 15 is 0 Å². The van der Waals surface area contributed by atoms with Crippen molar-refractivity contribution in [3.63, 3.8) is 0 Å². The van der Waals surface area contributed by atoms with Crippen LogP contribution in [0.1, 0.15) is 12.8 Å². The highest BCUT2D eigenvalue weighted by atomic mass is 16.5. The summed E-state index contributed by atoms with van der Waals surface area (Å²) in [6.45, 7) is 3.56. The van der Waals surface area contributed by atoms with Crippen LogP contribution in [0.5, 0.6) is 0 Å². The third-order valence-corrected chi connectivity index (χ3v) is 2.00. The molecule has 1 fully saturated rings. The Morgan fingerprint density at radius 1 is 1.45 bits per heavy atom. The van der Waals surface area contributed by atoms with Gasteiger partial charge in [-0.15, -0.1) is 6.42 Å². The Hall–Kier alpha value is -0.520. The fourth-order valence-corrected chi connectivity index (χ4v) is 1.33. The lowest BCUT2D eigenvalue weighted by Gasteiger charge is -2.21. The molecule has 2 heteroatoms. The van der Waals surface area contributed by atoms with E-state index in [-0.39, 0.29) is 0 Å². The molecule has 0 aromatic carbocycles. The minimum Gasteiger partial charge on any atom is -0.369 e. The maximum absolute atomic E-state index is 5.26. The Morgan fingerprint density at radius 3 is 2.82 bits per heavy atom. The molecule has 2 nitrogen and oxygen atoms in total. The zero-order valence-electron chi connectivity index (χ0n) is 6.81. The monoisotopic (exact) mass is 153 g/mol. The molecule has 1 rings (SSSR count). The molecule has 1 saturated heterocycles. The van der Waals surface area contributed by atoms with E-state index in [1.54, 1.807) is 0 Å². The molecule has 0 amide bonds. The molecule has 0 bridgehead atoms. The largest absolute Gasteiger partial charge is 0.369 e. The summed E-state index contributed by atoms with van der Waals surface area (Å²) in [5.74, 6) is 3.20. The van der Waals surface area contributed by atoms with Crippen LogP contribution in [0.15, 0.2) is 0 Å². The summed E-state index contributed by atoms with van der Waals surface area (Å²) in [5, 5.41) is 3.31. The number of rotatable bonds is 3. The Bertz CT molecular complexity index is 133. The van der Waals surface area contributed by atoms with Gasteiger partial charge in [-0.2, -0.15) is 0 Å². The first-order valence-corrected chi connectivity index (χ1v) is 4.15. The van der Waals surface area contributed by atoms with Gasteiger partial charge >= 0.3 is 0 Å². The number of nitrogens with one attached hydrogen (secondary N) is 1.